The third-order valence-electron chi connectivity index (χ3n) is 5.17. The molecular formula is C25H21N3O4. The van der Waals surface area contributed by atoms with Crippen molar-refractivity contribution in [3.05, 3.63) is 107 Å². The highest BCUT2D eigenvalue weighted by Crippen LogP contribution is 2.24. The quantitative estimate of drug-likeness (QED) is 0.448. The zero-order valence-corrected chi connectivity index (χ0v) is 17.2. The number of amides is 4. The molecule has 0 bridgehead atoms. The molecule has 7 heteroatoms. The largest absolute Gasteiger partial charge is 0.350 e. The summed E-state index contributed by atoms with van der Waals surface area (Å²) in [5.74, 6) is -1.10. The predicted molar refractivity (Wildman–Crippen MR) is 118 cm³/mol. The van der Waals surface area contributed by atoms with Crippen LogP contribution in [-0.4, -0.2) is 41.6 Å². The number of hydrogen-bond donors (Lipinski definition) is 2. The molecule has 32 heavy (non-hydrogen) atoms. The lowest BCUT2D eigenvalue weighted by molar-refractivity contribution is 0.0641. The van der Waals surface area contributed by atoms with Crippen LogP contribution in [0.5, 0.6) is 0 Å². The standard InChI is InChI=1S/C25H21N3O4/c29-22(18-6-2-1-3-7-18)26-14-15-27-23(30)19-12-10-17(11-13-19)16-28-24(31)20-8-4-5-9-21(20)25(28)32/h1-13H,14-16H2,(H,26,29)(H,27,30). The molecule has 0 unspecified atom stereocenters. The summed E-state index contributed by atoms with van der Waals surface area (Å²) in [6.45, 7) is 0.727. The van der Waals surface area contributed by atoms with Gasteiger partial charge in [0.2, 0.25) is 0 Å². The Bertz CT molecular complexity index is 1140. The van der Waals surface area contributed by atoms with E-state index in [-0.39, 0.29) is 36.7 Å². The van der Waals surface area contributed by atoms with Crippen molar-refractivity contribution in [2.75, 3.05) is 13.1 Å². The molecule has 1 heterocycles. The SMILES string of the molecule is O=C(NCCNC(=O)c1ccc(CN2C(=O)c3ccccc3C2=O)cc1)c1ccccc1. The first-order chi connectivity index (χ1) is 15.5. The van der Waals surface area contributed by atoms with E-state index in [9.17, 15) is 19.2 Å². The molecule has 0 aromatic heterocycles. The molecule has 7 nitrogen and oxygen atoms in total. The summed E-state index contributed by atoms with van der Waals surface area (Å²) in [5, 5.41) is 5.50. The summed E-state index contributed by atoms with van der Waals surface area (Å²) in [5.41, 5.74) is 2.57. The van der Waals surface area contributed by atoms with Gasteiger partial charge in [-0.25, -0.2) is 0 Å². The normalized spacial score (nSPS) is 12.4. The fourth-order valence-corrected chi connectivity index (χ4v) is 3.47. The monoisotopic (exact) mass is 427 g/mol. The molecule has 0 saturated carbocycles. The summed E-state index contributed by atoms with van der Waals surface area (Å²) in [4.78, 5) is 50.5. The van der Waals surface area contributed by atoms with Crippen LogP contribution in [0.3, 0.4) is 0 Å². The molecule has 3 aromatic carbocycles. The molecule has 1 aliphatic rings. The van der Waals surface area contributed by atoms with E-state index in [1.54, 1.807) is 72.8 Å². The average Bonchev–Trinajstić information content (AvgIpc) is 3.07. The van der Waals surface area contributed by atoms with Crippen LogP contribution in [-0.2, 0) is 6.54 Å². The van der Waals surface area contributed by atoms with Crippen LogP contribution in [0.15, 0.2) is 78.9 Å². The molecule has 160 valence electrons. The maximum absolute atomic E-state index is 12.5. The molecule has 4 rings (SSSR count). The van der Waals surface area contributed by atoms with E-state index in [1.807, 2.05) is 6.07 Å². The Morgan fingerprint density at radius 3 is 1.62 bits per heavy atom. The van der Waals surface area contributed by atoms with E-state index >= 15 is 0 Å². The number of nitrogens with one attached hydrogen (secondary N) is 2. The second-order valence-electron chi connectivity index (χ2n) is 7.32. The van der Waals surface area contributed by atoms with Gasteiger partial charge >= 0.3 is 0 Å². The van der Waals surface area contributed by atoms with Gasteiger partial charge in [0.05, 0.1) is 17.7 Å². The van der Waals surface area contributed by atoms with Crippen molar-refractivity contribution in [1.82, 2.24) is 15.5 Å². The topological polar surface area (TPSA) is 95.6 Å². The molecule has 0 fully saturated rings. The Labute approximate surface area is 185 Å². The Morgan fingerprint density at radius 1 is 0.625 bits per heavy atom. The number of nitrogens with zero attached hydrogens (tertiary/aromatic N) is 1. The lowest BCUT2D eigenvalue weighted by Gasteiger charge is -2.14. The molecule has 3 aromatic rings. The maximum Gasteiger partial charge on any atom is 0.261 e. The molecule has 4 amide bonds. The zero-order chi connectivity index (χ0) is 22.5. The maximum atomic E-state index is 12.5. The second-order valence-corrected chi connectivity index (χ2v) is 7.32. The van der Waals surface area contributed by atoms with Crippen molar-refractivity contribution in [3.8, 4) is 0 Å². The highest BCUT2D eigenvalue weighted by atomic mass is 16.2. The highest BCUT2D eigenvalue weighted by Gasteiger charge is 2.34. The van der Waals surface area contributed by atoms with Gasteiger partial charge in [-0.2, -0.15) is 0 Å². The van der Waals surface area contributed by atoms with Gasteiger partial charge in [0, 0.05) is 24.2 Å². The van der Waals surface area contributed by atoms with Crippen LogP contribution >= 0.6 is 0 Å². The minimum atomic E-state index is -0.315. The van der Waals surface area contributed by atoms with Crippen molar-refractivity contribution in [2.45, 2.75) is 6.54 Å². The van der Waals surface area contributed by atoms with Gasteiger partial charge in [0.25, 0.3) is 23.6 Å². The van der Waals surface area contributed by atoms with Gasteiger partial charge in [-0.15, -0.1) is 0 Å². The summed E-state index contributed by atoms with van der Waals surface area (Å²) in [7, 11) is 0. The molecule has 2 N–H and O–H groups in total. The Morgan fingerprint density at radius 2 is 1.09 bits per heavy atom. The van der Waals surface area contributed by atoms with E-state index < -0.39 is 0 Å². The summed E-state index contributed by atoms with van der Waals surface area (Å²) in [6.07, 6.45) is 0. The summed E-state index contributed by atoms with van der Waals surface area (Å²) >= 11 is 0. The first kappa shape index (κ1) is 21.0. The van der Waals surface area contributed by atoms with Gasteiger partial charge in [-0.05, 0) is 42.0 Å². The summed E-state index contributed by atoms with van der Waals surface area (Å²) < 4.78 is 0. The summed E-state index contributed by atoms with van der Waals surface area (Å²) in [6, 6.07) is 22.3. The molecule has 0 aliphatic carbocycles. The van der Waals surface area contributed by atoms with E-state index in [4.69, 9.17) is 0 Å². The number of imide groups is 1. The number of carbonyl (C=O) groups is 4. The lowest BCUT2D eigenvalue weighted by Crippen LogP contribution is -2.34. The predicted octanol–water partition coefficient (Wildman–Crippen LogP) is 2.64. The van der Waals surface area contributed by atoms with Crippen LogP contribution in [0.25, 0.3) is 0 Å². The molecule has 0 saturated heterocycles. The number of benzene rings is 3. The lowest BCUT2D eigenvalue weighted by atomic mass is 10.1. The Hall–Kier alpha value is -4.26. The number of rotatable bonds is 7. The van der Waals surface area contributed by atoms with Gasteiger partial charge in [0.1, 0.15) is 0 Å². The van der Waals surface area contributed by atoms with E-state index in [0.29, 0.717) is 28.8 Å². The molecular weight excluding hydrogens is 406 g/mol. The molecule has 0 atom stereocenters. The van der Waals surface area contributed by atoms with Crippen LogP contribution in [0.1, 0.15) is 47.0 Å². The molecule has 0 radical (unpaired) electrons. The van der Waals surface area contributed by atoms with Crippen molar-refractivity contribution in [2.24, 2.45) is 0 Å². The highest BCUT2D eigenvalue weighted by molar-refractivity contribution is 6.21. The first-order valence-corrected chi connectivity index (χ1v) is 10.2. The smallest absolute Gasteiger partial charge is 0.261 e. The van der Waals surface area contributed by atoms with E-state index in [1.165, 1.54) is 4.90 Å². The third kappa shape index (κ3) is 4.41. The van der Waals surface area contributed by atoms with Crippen molar-refractivity contribution in [3.63, 3.8) is 0 Å². The van der Waals surface area contributed by atoms with Crippen molar-refractivity contribution >= 4 is 23.6 Å². The van der Waals surface area contributed by atoms with Gasteiger partial charge in [-0.1, -0.05) is 42.5 Å². The fourth-order valence-electron chi connectivity index (χ4n) is 3.47. The van der Waals surface area contributed by atoms with Crippen LogP contribution < -0.4 is 10.6 Å². The molecule has 0 spiro atoms. The molecule has 1 aliphatic heterocycles. The van der Waals surface area contributed by atoms with Crippen molar-refractivity contribution in [1.29, 1.82) is 0 Å². The fraction of sp³-hybridized carbons (Fsp3) is 0.120. The zero-order valence-electron chi connectivity index (χ0n) is 17.2. The second kappa shape index (κ2) is 9.26. The van der Waals surface area contributed by atoms with E-state index in [0.717, 1.165) is 5.56 Å². The van der Waals surface area contributed by atoms with Crippen LogP contribution in [0.2, 0.25) is 0 Å². The Kier molecular flexibility index (Phi) is 6.07. The average molecular weight is 427 g/mol. The van der Waals surface area contributed by atoms with Gasteiger partial charge in [-0.3, -0.25) is 24.1 Å². The van der Waals surface area contributed by atoms with Crippen LogP contribution in [0, 0.1) is 0 Å². The number of hydrogen-bond acceptors (Lipinski definition) is 4. The number of carbonyl (C=O) groups excluding carboxylic acids is 4. The van der Waals surface area contributed by atoms with Gasteiger partial charge < -0.3 is 10.6 Å². The van der Waals surface area contributed by atoms with E-state index in [2.05, 4.69) is 10.6 Å². The van der Waals surface area contributed by atoms with Crippen molar-refractivity contribution < 1.29 is 19.2 Å². The minimum absolute atomic E-state index is 0.139. The Balaban J connectivity index is 1.27. The van der Waals surface area contributed by atoms with Gasteiger partial charge in [0.15, 0.2) is 0 Å². The third-order valence-corrected chi connectivity index (χ3v) is 5.17. The first-order valence-electron chi connectivity index (χ1n) is 10.2. The minimum Gasteiger partial charge on any atom is -0.350 e. The van der Waals surface area contributed by atoms with Crippen LogP contribution in [0.4, 0.5) is 0 Å². The number of fused-ring (bicyclic) bond motifs is 1.